The van der Waals surface area contributed by atoms with Crippen LogP contribution < -0.4 is 0 Å². The normalized spacial score (nSPS) is 34.9. The third kappa shape index (κ3) is 3.63. The molecule has 0 amide bonds. The predicted octanol–water partition coefficient (Wildman–Crippen LogP) is 3.09. The summed E-state index contributed by atoms with van der Waals surface area (Å²) in [5, 5.41) is 0. The highest BCUT2D eigenvalue weighted by atomic mass is 16.6. The summed E-state index contributed by atoms with van der Waals surface area (Å²) < 4.78 is 10.9. The predicted molar refractivity (Wildman–Crippen MR) is 79.4 cm³/mol. The maximum atomic E-state index is 11.9. The van der Waals surface area contributed by atoms with Gasteiger partial charge in [0.1, 0.15) is 12.2 Å². The molecule has 1 fully saturated rings. The molecular weight excluding hydrogens is 268 g/mol. The van der Waals surface area contributed by atoms with Gasteiger partial charge in [-0.3, -0.25) is 4.79 Å². The second kappa shape index (κ2) is 6.29. The number of hydrogen-bond acceptors (Lipinski definition) is 4. The first kappa shape index (κ1) is 15.5. The zero-order valence-electron chi connectivity index (χ0n) is 12.8. The van der Waals surface area contributed by atoms with Gasteiger partial charge in [0.2, 0.25) is 0 Å². The van der Waals surface area contributed by atoms with E-state index in [1.165, 1.54) is 12.5 Å². The van der Waals surface area contributed by atoms with Crippen LogP contribution in [0.1, 0.15) is 40.0 Å². The van der Waals surface area contributed by atoms with Crippen LogP contribution in [0.3, 0.4) is 0 Å². The molecule has 1 saturated heterocycles. The highest BCUT2D eigenvalue weighted by Crippen LogP contribution is 2.36. The minimum absolute atomic E-state index is 0.308. The fourth-order valence-electron chi connectivity index (χ4n) is 2.95. The van der Waals surface area contributed by atoms with Crippen LogP contribution in [0.5, 0.6) is 0 Å². The van der Waals surface area contributed by atoms with E-state index in [2.05, 4.69) is 12.7 Å². The standard InChI is InChI=1S/C17H22O4/c1-10-6-5-7-11(2)9-15-16(12(3)17(19)21-15)14(8-10)20-13(4)18/h6,9,14-16H,3,5,7-8H2,1-2,4H3/b10-6-,11-9-/t14-,15+,16-/m0/s1. The zero-order valence-corrected chi connectivity index (χ0v) is 12.8. The number of carbonyl (C=O) groups excluding carboxylic acids is 2. The van der Waals surface area contributed by atoms with Crippen molar-refractivity contribution in [1.82, 2.24) is 0 Å². The van der Waals surface area contributed by atoms with Gasteiger partial charge in [-0.05, 0) is 32.8 Å². The average molecular weight is 290 g/mol. The Morgan fingerprint density at radius 3 is 2.76 bits per heavy atom. The van der Waals surface area contributed by atoms with Crippen molar-refractivity contribution < 1.29 is 19.1 Å². The molecule has 2 aliphatic rings. The summed E-state index contributed by atoms with van der Waals surface area (Å²) in [7, 11) is 0. The summed E-state index contributed by atoms with van der Waals surface area (Å²) in [5.74, 6) is -1.05. The number of allylic oxidation sites excluding steroid dienone is 2. The number of fused-ring (bicyclic) bond motifs is 1. The smallest absolute Gasteiger partial charge is 0.334 e. The monoisotopic (exact) mass is 290 g/mol. The molecule has 1 aliphatic heterocycles. The minimum atomic E-state index is -0.412. The molecule has 114 valence electrons. The van der Waals surface area contributed by atoms with Crippen molar-refractivity contribution in [2.24, 2.45) is 5.92 Å². The molecule has 0 radical (unpaired) electrons. The maximum absolute atomic E-state index is 11.9. The number of rotatable bonds is 1. The van der Waals surface area contributed by atoms with Crippen LogP contribution in [-0.4, -0.2) is 24.1 Å². The molecule has 0 saturated carbocycles. The molecule has 4 nitrogen and oxygen atoms in total. The average Bonchev–Trinajstić information content (AvgIpc) is 2.62. The largest absolute Gasteiger partial charge is 0.461 e. The van der Waals surface area contributed by atoms with Crippen molar-refractivity contribution in [1.29, 1.82) is 0 Å². The van der Waals surface area contributed by atoms with E-state index in [0.29, 0.717) is 12.0 Å². The second-order valence-corrected chi connectivity index (χ2v) is 5.88. The van der Waals surface area contributed by atoms with E-state index < -0.39 is 12.1 Å². The van der Waals surface area contributed by atoms with E-state index in [0.717, 1.165) is 18.4 Å². The first-order chi connectivity index (χ1) is 9.88. The lowest BCUT2D eigenvalue weighted by atomic mass is 9.85. The topological polar surface area (TPSA) is 52.6 Å². The summed E-state index contributed by atoms with van der Waals surface area (Å²) in [6.45, 7) is 9.27. The van der Waals surface area contributed by atoms with Crippen LogP contribution in [0.25, 0.3) is 0 Å². The maximum Gasteiger partial charge on any atom is 0.334 e. The Morgan fingerprint density at radius 1 is 1.38 bits per heavy atom. The van der Waals surface area contributed by atoms with E-state index in [1.54, 1.807) is 0 Å². The lowest BCUT2D eigenvalue weighted by Gasteiger charge is -2.26. The molecule has 4 heteroatoms. The van der Waals surface area contributed by atoms with Crippen LogP contribution in [0, 0.1) is 5.92 Å². The summed E-state index contributed by atoms with van der Waals surface area (Å²) >= 11 is 0. The lowest BCUT2D eigenvalue weighted by Crippen LogP contribution is -2.32. The van der Waals surface area contributed by atoms with Crippen LogP contribution in [0.15, 0.2) is 35.5 Å². The number of ether oxygens (including phenoxy) is 2. The molecule has 0 N–H and O–H groups in total. The molecule has 0 aromatic rings. The van der Waals surface area contributed by atoms with Gasteiger partial charge in [0.05, 0.1) is 5.92 Å². The fourth-order valence-corrected chi connectivity index (χ4v) is 2.95. The van der Waals surface area contributed by atoms with Crippen LogP contribution in [0.4, 0.5) is 0 Å². The molecule has 0 spiro atoms. The summed E-state index contributed by atoms with van der Waals surface area (Å²) in [5.41, 5.74) is 2.71. The first-order valence-corrected chi connectivity index (χ1v) is 7.28. The molecule has 1 aliphatic carbocycles. The van der Waals surface area contributed by atoms with Gasteiger partial charge in [-0.2, -0.15) is 0 Å². The van der Waals surface area contributed by atoms with Gasteiger partial charge in [0, 0.05) is 18.9 Å². The summed E-state index contributed by atoms with van der Waals surface area (Å²) in [6.07, 6.45) is 5.80. The van der Waals surface area contributed by atoms with Gasteiger partial charge < -0.3 is 9.47 Å². The Morgan fingerprint density at radius 2 is 2.10 bits per heavy atom. The molecule has 0 aromatic heterocycles. The Hall–Kier alpha value is -1.84. The molecule has 2 rings (SSSR count). The van der Waals surface area contributed by atoms with Crippen molar-refractivity contribution in [2.75, 3.05) is 0 Å². The van der Waals surface area contributed by atoms with Crippen LogP contribution >= 0.6 is 0 Å². The summed E-state index contributed by atoms with van der Waals surface area (Å²) in [6, 6.07) is 0. The van der Waals surface area contributed by atoms with Gasteiger partial charge in [-0.25, -0.2) is 4.79 Å². The molecule has 1 heterocycles. The number of esters is 2. The van der Waals surface area contributed by atoms with Gasteiger partial charge in [-0.15, -0.1) is 0 Å². The Bertz CT molecular complexity index is 527. The van der Waals surface area contributed by atoms with Crippen molar-refractivity contribution in [3.05, 3.63) is 35.5 Å². The minimum Gasteiger partial charge on any atom is -0.461 e. The zero-order chi connectivity index (χ0) is 15.6. The van der Waals surface area contributed by atoms with Crippen molar-refractivity contribution >= 4 is 11.9 Å². The van der Waals surface area contributed by atoms with E-state index in [9.17, 15) is 9.59 Å². The van der Waals surface area contributed by atoms with Gasteiger partial charge in [0.25, 0.3) is 0 Å². The molecule has 0 aromatic carbocycles. The molecule has 3 atom stereocenters. The third-order valence-electron chi connectivity index (χ3n) is 3.98. The molecular formula is C17H22O4. The Labute approximate surface area is 125 Å². The fraction of sp³-hybridized carbons (Fsp3) is 0.529. The molecule has 0 bridgehead atoms. The Balaban J connectivity index is 2.39. The van der Waals surface area contributed by atoms with E-state index >= 15 is 0 Å². The molecule has 21 heavy (non-hydrogen) atoms. The van der Waals surface area contributed by atoms with Crippen LogP contribution in [0.2, 0.25) is 0 Å². The lowest BCUT2D eigenvalue weighted by molar-refractivity contribution is -0.149. The highest BCUT2D eigenvalue weighted by molar-refractivity contribution is 5.91. The van der Waals surface area contributed by atoms with E-state index in [-0.39, 0.29) is 18.0 Å². The van der Waals surface area contributed by atoms with Crippen molar-refractivity contribution in [3.8, 4) is 0 Å². The van der Waals surface area contributed by atoms with Gasteiger partial charge >= 0.3 is 11.9 Å². The number of carbonyl (C=O) groups is 2. The Kier molecular flexibility index (Phi) is 4.66. The van der Waals surface area contributed by atoms with Crippen molar-refractivity contribution in [3.63, 3.8) is 0 Å². The third-order valence-corrected chi connectivity index (χ3v) is 3.98. The molecule has 0 unspecified atom stereocenters. The quantitative estimate of drug-likeness (QED) is 0.423. The van der Waals surface area contributed by atoms with Gasteiger partial charge in [0.15, 0.2) is 0 Å². The highest BCUT2D eigenvalue weighted by Gasteiger charge is 2.44. The first-order valence-electron chi connectivity index (χ1n) is 7.28. The summed E-state index contributed by atoms with van der Waals surface area (Å²) in [4.78, 5) is 23.2. The van der Waals surface area contributed by atoms with E-state index in [1.807, 2.05) is 19.9 Å². The number of hydrogen-bond donors (Lipinski definition) is 0. The van der Waals surface area contributed by atoms with Crippen molar-refractivity contribution in [2.45, 2.75) is 52.2 Å². The second-order valence-electron chi connectivity index (χ2n) is 5.88. The van der Waals surface area contributed by atoms with Gasteiger partial charge in [-0.1, -0.05) is 23.8 Å². The van der Waals surface area contributed by atoms with Crippen LogP contribution in [-0.2, 0) is 19.1 Å². The van der Waals surface area contributed by atoms with E-state index in [4.69, 9.17) is 9.47 Å². The SMILES string of the molecule is C=C1C(=O)O[C@@H]2/C=C(/C)CC/C=C(/C)C[C@H](OC(C)=O)[C@H]12.